The lowest BCUT2D eigenvalue weighted by atomic mass is 10.1. The lowest BCUT2D eigenvalue weighted by Crippen LogP contribution is -2.05. The molecular weight excluding hydrogens is 347 g/mol. The number of carbonyl (C=O) groups excluding carboxylic acids is 1. The summed E-state index contributed by atoms with van der Waals surface area (Å²) in [6.07, 6.45) is -4.44. The summed E-state index contributed by atoms with van der Waals surface area (Å²) >= 11 is 0. The topological polar surface area (TPSA) is 68.0 Å². The quantitative estimate of drug-likeness (QED) is 0.674. The molecular formula is C18H14F3N3O2. The minimum Gasteiger partial charge on any atom is -0.376 e. The molecule has 0 amide bonds. The van der Waals surface area contributed by atoms with Crippen molar-refractivity contribution in [1.29, 1.82) is 0 Å². The van der Waals surface area contributed by atoms with E-state index in [1.165, 1.54) is 19.1 Å². The van der Waals surface area contributed by atoms with Crippen molar-refractivity contribution in [2.24, 2.45) is 0 Å². The molecule has 1 heterocycles. The van der Waals surface area contributed by atoms with Crippen LogP contribution in [-0.4, -0.2) is 15.9 Å². The molecule has 134 valence electrons. The molecule has 0 spiro atoms. The molecule has 26 heavy (non-hydrogen) atoms. The summed E-state index contributed by atoms with van der Waals surface area (Å²) in [5.74, 6) is 0.159. The fourth-order valence-electron chi connectivity index (χ4n) is 2.39. The Balaban J connectivity index is 1.76. The number of carbonyl (C=O) groups is 1. The summed E-state index contributed by atoms with van der Waals surface area (Å²) in [6.45, 7) is 1.59. The number of hydrogen-bond acceptors (Lipinski definition) is 5. The van der Waals surface area contributed by atoms with Gasteiger partial charge in [-0.05, 0) is 31.2 Å². The number of rotatable bonds is 5. The monoisotopic (exact) mass is 361 g/mol. The summed E-state index contributed by atoms with van der Waals surface area (Å²) in [5.41, 5.74) is 0.553. The van der Waals surface area contributed by atoms with Gasteiger partial charge < -0.3 is 9.84 Å². The zero-order valence-electron chi connectivity index (χ0n) is 13.7. The van der Waals surface area contributed by atoms with Gasteiger partial charge in [-0.3, -0.25) is 4.79 Å². The number of Topliss-reactive ketones (excluding diaryl/α,β-unsaturated/α-hetero) is 1. The van der Waals surface area contributed by atoms with Gasteiger partial charge in [0, 0.05) is 16.8 Å². The molecule has 2 aromatic carbocycles. The van der Waals surface area contributed by atoms with Crippen molar-refractivity contribution in [3.8, 4) is 11.4 Å². The second-order valence-electron chi connectivity index (χ2n) is 5.55. The van der Waals surface area contributed by atoms with E-state index in [9.17, 15) is 18.0 Å². The standard InChI is InChI=1S/C18H14F3N3O2/c1-11(25)14-7-2-3-8-15(14)22-10-16-23-17(24-26-16)12-5-4-6-13(9-12)18(19,20)21/h2-9,22H,10H2,1H3. The van der Waals surface area contributed by atoms with Crippen molar-refractivity contribution in [3.05, 3.63) is 65.5 Å². The third-order valence-corrected chi connectivity index (χ3v) is 3.65. The van der Waals surface area contributed by atoms with Crippen LogP contribution in [0.15, 0.2) is 53.1 Å². The van der Waals surface area contributed by atoms with Gasteiger partial charge in [0.2, 0.25) is 11.7 Å². The van der Waals surface area contributed by atoms with Crippen LogP contribution in [0.5, 0.6) is 0 Å². The van der Waals surface area contributed by atoms with Crippen LogP contribution in [0.1, 0.15) is 28.7 Å². The van der Waals surface area contributed by atoms with Gasteiger partial charge in [0.1, 0.15) is 0 Å². The molecule has 0 bridgehead atoms. The normalized spacial score (nSPS) is 11.4. The van der Waals surface area contributed by atoms with Crippen molar-refractivity contribution in [3.63, 3.8) is 0 Å². The maximum Gasteiger partial charge on any atom is 0.416 e. The molecule has 0 aliphatic rings. The highest BCUT2D eigenvalue weighted by Crippen LogP contribution is 2.31. The highest BCUT2D eigenvalue weighted by molar-refractivity contribution is 5.99. The maximum atomic E-state index is 12.8. The van der Waals surface area contributed by atoms with Gasteiger partial charge in [-0.1, -0.05) is 29.4 Å². The predicted molar refractivity (Wildman–Crippen MR) is 88.5 cm³/mol. The number of halogens is 3. The number of benzene rings is 2. The fraction of sp³-hybridized carbons (Fsp3) is 0.167. The largest absolute Gasteiger partial charge is 0.416 e. The molecule has 1 aromatic heterocycles. The summed E-state index contributed by atoms with van der Waals surface area (Å²) < 4.78 is 43.5. The molecule has 3 rings (SSSR count). The van der Waals surface area contributed by atoms with Crippen molar-refractivity contribution in [2.75, 3.05) is 5.32 Å². The van der Waals surface area contributed by atoms with Crippen LogP contribution >= 0.6 is 0 Å². The van der Waals surface area contributed by atoms with Crippen LogP contribution in [0.4, 0.5) is 18.9 Å². The Bertz CT molecular complexity index is 935. The minimum absolute atomic E-state index is 0.0627. The fourth-order valence-corrected chi connectivity index (χ4v) is 2.39. The molecule has 0 radical (unpaired) electrons. The Kier molecular flexibility index (Phi) is 4.75. The predicted octanol–water partition coefficient (Wildman–Crippen LogP) is 4.57. The van der Waals surface area contributed by atoms with Gasteiger partial charge in [-0.25, -0.2) is 0 Å². The van der Waals surface area contributed by atoms with Crippen LogP contribution in [0.3, 0.4) is 0 Å². The highest BCUT2D eigenvalue weighted by atomic mass is 19.4. The number of nitrogens with zero attached hydrogens (tertiary/aromatic N) is 2. The summed E-state index contributed by atoms with van der Waals surface area (Å²) in [7, 11) is 0. The lowest BCUT2D eigenvalue weighted by molar-refractivity contribution is -0.137. The van der Waals surface area contributed by atoms with E-state index in [2.05, 4.69) is 15.5 Å². The van der Waals surface area contributed by atoms with Crippen molar-refractivity contribution >= 4 is 11.5 Å². The van der Waals surface area contributed by atoms with Crippen LogP contribution in [-0.2, 0) is 12.7 Å². The molecule has 0 atom stereocenters. The zero-order chi connectivity index (χ0) is 18.7. The van der Waals surface area contributed by atoms with Gasteiger partial charge in [0.05, 0.1) is 12.1 Å². The lowest BCUT2D eigenvalue weighted by Gasteiger charge is -2.07. The summed E-state index contributed by atoms with van der Waals surface area (Å²) in [4.78, 5) is 15.7. The summed E-state index contributed by atoms with van der Waals surface area (Å²) in [5, 5.41) is 6.73. The molecule has 1 N–H and O–H groups in total. The number of para-hydroxylation sites is 1. The average Bonchev–Trinajstić information content (AvgIpc) is 3.08. The molecule has 5 nitrogen and oxygen atoms in total. The van der Waals surface area contributed by atoms with Crippen molar-refractivity contribution < 1.29 is 22.5 Å². The molecule has 3 aromatic rings. The molecule has 0 saturated carbocycles. The van der Waals surface area contributed by atoms with Crippen molar-refractivity contribution in [2.45, 2.75) is 19.6 Å². The van der Waals surface area contributed by atoms with Crippen LogP contribution in [0.2, 0.25) is 0 Å². The first kappa shape index (κ1) is 17.7. The van der Waals surface area contributed by atoms with E-state index in [0.29, 0.717) is 11.3 Å². The van der Waals surface area contributed by atoms with E-state index < -0.39 is 11.7 Å². The molecule has 0 fully saturated rings. The first-order valence-corrected chi connectivity index (χ1v) is 7.68. The Labute approximate surface area is 146 Å². The SMILES string of the molecule is CC(=O)c1ccccc1NCc1nc(-c2cccc(C(F)(F)F)c2)no1. The summed E-state index contributed by atoms with van der Waals surface area (Å²) in [6, 6.07) is 11.7. The first-order valence-electron chi connectivity index (χ1n) is 7.68. The number of aromatic nitrogens is 2. The van der Waals surface area contributed by atoms with E-state index in [4.69, 9.17) is 4.52 Å². The number of ketones is 1. The van der Waals surface area contributed by atoms with Gasteiger partial charge in [-0.15, -0.1) is 0 Å². The van der Waals surface area contributed by atoms with E-state index in [1.807, 2.05) is 0 Å². The average molecular weight is 361 g/mol. The number of nitrogens with one attached hydrogen (secondary N) is 1. The van der Waals surface area contributed by atoms with Crippen molar-refractivity contribution in [1.82, 2.24) is 10.1 Å². The number of alkyl halides is 3. The Morgan fingerprint density at radius 1 is 1.15 bits per heavy atom. The van der Waals surface area contributed by atoms with E-state index in [1.54, 1.807) is 24.3 Å². The Hall–Kier alpha value is -3.16. The van der Waals surface area contributed by atoms with E-state index in [-0.39, 0.29) is 29.6 Å². The minimum atomic E-state index is -4.44. The molecule has 0 saturated heterocycles. The first-order chi connectivity index (χ1) is 12.3. The highest BCUT2D eigenvalue weighted by Gasteiger charge is 2.30. The second-order valence-corrected chi connectivity index (χ2v) is 5.55. The van der Waals surface area contributed by atoms with Gasteiger partial charge in [0.25, 0.3) is 0 Å². The van der Waals surface area contributed by atoms with Crippen LogP contribution in [0.25, 0.3) is 11.4 Å². The Morgan fingerprint density at radius 3 is 2.65 bits per heavy atom. The second kappa shape index (κ2) is 6.99. The molecule has 0 aliphatic heterocycles. The van der Waals surface area contributed by atoms with Gasteiger partial charge in [0.15, 0.2) is 5.78 Å². The smallest absolute Gasteiger partial charge is 0.376 e. The molecule has 8 heteroatoms. The Morgan fingerprint density at radius 2 is 1.92 bits per heavy atom. The molecule has 0 aliphatic carbocycles. The van der Waals surface area contributed by atoms with Gasteiger partial charge in [-0.2, -0.15) is 18.2 Å². The number of anilines is 1. The third-order valence-electron chi connectivity index (χ3n) is 3.65. The third kappa shape index (κ3) is 3.90. The van der Waals surface area contributed by atoms with Crippen LogP contribution < -0.4 is 5.32 Å². The van der Waals surface area contributed by atoms with E-state index >= 15 is 0 Å². The zero-order valence-corrected chi connectivity index (χ0v) is 13.7. The van der Waals surface area contributed by atoms with Crippen LogP contribution in [0, 0.1) is 0 Å². The van der Waals surface area contributed by atoms with Gasteiger partial charge >= 0.3 is 6.18 Å². The maximum absolute atomic E-state index is 12.8. The molecule has 0 unspecified atom stereocenters. The van der Waals surface area contributed by atoms with E-state index in [0.717, 1.165) is 12.1 Å². The number of hydrogen-bond donors (Lipinski definition) is 1.